The fourth-order valence-electron chi connectivity index (χ4n) is 3.72. The quantitative estimate of drug-likeness (QED) is 0.184. The maximum Gasteiger partial charge on any atom is 0.324 e. The molecular weight excluding hydrogens is 508 g/mol. The minimum absolute atomic E-state index is 0.0454. The summed E-state index contributed by atoms with van der Waals surface area (Å²) in [6.45, 7) is 3.61. The van der Waals surface area contributed by atoms with Gasteiger partial charge < -0.3 is 5.32 Å². The fraction of sp³-hybridized carbons (Fsp3) is 0.120. The van der Waals surface area contributed by atoms with Gasteiger partial charge in [0.05, 0.1) is 38.7 Å². The van der Waals surface area contributed by atoms with Gasteiger partial charge in [0.1, 0.15) is 5.82 Å². The zero-order valence-electron chi connectivity index (χ0n) is 20.0. The molecule has 0 unspecified atom stereocenters. The number of anilines is 1. The number of fused-ring (bicyclic) bond motifs is 1. The molecule has 0 radical (unpaired) electrons. The van der Waals surface area contributed by atoms with Crippen LogP contribution >= 0.6 is 11.3 Å². The smallest absolute Gasteiger partial charge is 0.305 e. The Kier molecular flexibility index (Phi) is 6.23. The second-order valence-electron chi connectivity index (χ2n) is 8.50. The Hall–Kier alpha value is -5.22. The van der Waals surface area contributed by atoms with Crippen molar-refractivity contribution in [3.63, 3.8) is 0 Å². The minimum atomic E-state index is -0.587. The number of rotatable bonds is 7. The third kappa shape index (κ3) is 4.51. The molecule has 1 aromatic carbocycles. The van der Waals surface area contributed by atoms with E-state index in [2.05, 4.69) is 26.5 Å². The molecule has 0 atom stereocenters. The first-order chi connectivity index (χ1) is 18.2. The standard InChI is InChI=1S/C25H18N8O4S/c1-14(2)21(34)16-8-9-31(13-16)25-29-22(28-24(35)19-6-7-20(38-19)33(36)37)18-12-27-32(23(18)30-25)17-5-3-4-15(10-17)11-26/h3-10,12-14H,1-2H3,(H,28,29,30,35). The van der Waals surface area contributed by atoms with Crippen LogP contribution in [0.5, 0.6) is 0 Å². The van der Waals surface area contributed by atoms with Crippen molar-refractivity contribution in [3.8, 4) is 17.7 Å². The first-order valence-corrected chi connectivity index (χ1v) is 12.1. The third-order valence-electron chi connectivity index (χ3n) is 5.60. The molecule has 5 aromatic rings. The lowest BCUT2D eigenvalue weighted by Crippen LogP contribution is -2.14. The summed E-state index contributed by atoms with van der Waals surface area (Å²) < 4.78 is 3.07. The summed E-state index contributed by atoms with van der Waals surface area (Å²) in [6, 6.07) is 13.1. The average Bonchev–Trinajstić information content (AvgIpc) is 3.67. The van der Waals surface area contributed by atoms with E-state index in [1.807, 2.05) is 0 Å². The van der Waals surface area contributed by atoms with Gasteiger partial charge in [0.25, 0.3) is 5.91 Å². The lowest BCUT2D eigenvalue weighted by molar-refractivity contribution is -0.380. The first kappa shape index (κ1) is 24.5. The summed E-state index contributed by atoms with van der Waals surface area (Å²) in [4.78, 5) is 45.2. The third-order valence-corrected chi connectivity index (χ3v) is 6.63. The molecule has 0 saturated heterocycles. The van der Waals surface area contributed by atoms with Gasteiger partial charge in [-0.25, -0.2) is 4.68 Å². The molecule has 0 aliphatic heterocycles. The zero-order valence-corrected chi connectivity index (χ0v) is 20.8. The molecule has 0 bridgehead atoms. The molecule has 0 aliphatic rings. The molecule has 0 saturated carbocycles. The summed E-state index contributed by atoms with van der Waals surface area (Å²) in [5.41, 5.74) is 1.81. The highest BCUT2D eigenvalue weighted by Crippen LogP contribution is 2.28. The van der Waals surface area contributed by atoms with Crippen LogP contribution in [0.3, 0.4) is 0 Å². The van der Waals surface area contributed by atoms with E-state index < -0.39 is 10.8 Å². The SMILES string of the molecule is CC(C)C(=O)c1ccn(-c2nc(NC(=O)c3ccc([N+](=O)[O-])s3)c3cnn(-c4cccc(C#N)c4)c3n2)c1. The summed E-state index contributed by atoms with van der Waals surface area (Å²) in [6.07, 6.45) is 4.73. The predicted molar refractivity (Wildman–Crippen MR) is 139 cm³/mol. The predicted octanol–water partition coefficient (Wildman–Crippen LogP) is 4.54. The number of aromatic nitrogens is 5. The van der Waals surface area contributed by atoms with Crippen molar-refractivity contribution >= 4 is 44.9 Å². The van der Waals surface area contributed by atoms with Crippen LogP contribution in [-0.4, -0.2) is 40.9 Å². The van der Waals surface area contributed by atoms with Gasteiger partial charge in [0.15, 0.2) is 11.4 Å². The van der Waals surface area contributed by atoms with E-state index in [9.17, 15) is 25.0 Å². The van der Waals surface area contributed by atoms with Crippen molar-refractivity contribution in [3.05, 3.63) is 87.2 Å². The molecule has 0 fully saturated rings. The molecule has 5 rings (SSSR count). The number of ketones is 1. The van der Waals surface area contributed by atoms with Crippen LogP contribution in [0.4, 0.5) is 10.8 Å². The van der Waals surface area contributed by atoms with Crippen molar-refractivity contribution in [2.75, 3.05) is 5.32 Å². The zero-order chi connectivity index (χ0) is 27.0. The lowest BCUT2D eigenvalue weighted by atomic mass is 10.0. The summed E-state index contributed by atoms with van der Waals surface area (Å²) in [5.74, 6) is -0.551. The lowest BCUT2D eigenvalue weighted by Gasteiger charge is -2.09. The van der Waals surface area contributed by atoms with Crippen LogP contribution in [0, 0.1) is 27.4 Å². The van der Waals surface area contributed by atoms with Crippen molar-refractivity contribution in [2.24, 2.45) is 5.92 Å². The van der Waals surface area contributed by atoms with E-state index in [4.69, 9.17) is 0 Å². The van der Waals surface area contributed by atoms with Gasteiger partial charge in [-0.15, -0.1) is 0 Å². The van der Waals surface area contributed by atoms with Crippen molar-refractivity contribution in [2.45, 2.75) is 13.8 Å². The Balaban J connectivity index is 1.63. The maximum absolute atomic E-state index is 13.0. The van der Waals surface area contributed by atoms with Crippen LogP contribution in [-0.2, 0) is 0 Å². The van der Waals surface area contributed by atoms with E-state index in [0.29, 0.717) is 27.8 Å². The van der Waals surface area contributed by atoms with Crippen LogP contribution in [0.2, 0.25) is 0 Å². The molecule has 13 heteroatoms. The van der Waals surface area contributed by atoms with Gasteiger partial charge in [-0.05, 0) is 30.3 Å². The number of carbonyl (C=O) groups is 2. The van der Waals surface area contributed by atoms with Gasteiger partial charge in [-0.2, -0.15) is 20.3 Å². The van der Waals surface area contributed by atoms with Gasteiger partial charge >= 0.3 is 5.00 Å². The van der Waals surface area contributed by atoms with E-state index in [1.54, 1.807) is 61.1 Å². The van der Waals surface area contributed by atoms with Crippen molar-refractivity contribution in [1.29, 1.82) is 5.26 Å². The van der Waals surface area contributed by atoms with Gasteiger partial charge in [-0.3, -0.25) is 24.3 Å². The topological polar surface area (TPSA) is 162 Å². The Labute approximate surface area is 218 Å². The Bertz CT molecular complexity index is 1780. The number of nitrogens with zero attached hydrogens (tertiary/aromatic N) is 7. The second-order valence-corrected chi connectivity index (χ2v) is 9.57. The van der Waals surface area contributed by atoms with E-state index >= 15 is 0 Å². The summed E-state index contributed by atoms with van der Waals surface area (Å²) >= 11 is 0.741. The average molecular weight is 527 g/mol. The number of hydrogen-bond acceptors (Lipinski definition) is 9. The van der Waals surface area contributed by atoms with Gasteiger partial charge in [-0.1, -0.05) is 31.3 Å². The highest BCUT2D eigenvalue weighted by Gasteiger charge is 2.21. The number of amides is 1. The molecule has 1 amide bonds. The Morgan fingerprint density at radius 3 is 2.71 bits per heavy atom. The number of carbonyl (C=O) groups excluding carboxylic acids is 2. The highest BCUT2D eigenvalue weighted by molar-refractivity contribution is 7.17. The number of thiophene rings is 1. The number of Topliss-reactive ketones (excluding diaryl/α,β-unsaturated/α-hetero) is 1. The molecule has 38 heavy (non-hydrogen) atoms. The largest absolute Gasteiger partial charge is 0.324 e. The first-order valence-electron chi connectivity index (χ1n) is 11.3. The molecule has 4 heterocycles. The normalized spacial score (nSPS) is 11.0. The monoisotopic (exact) mass is 526 g/mol. The molecule has 0 spiro atoms. The summed E-state index contributed by atoms with van der Waals surface area (Å²) in [5, 5.41) is 27.7. The maximum atomic E-state index is 13.0. The molecule has 12 nitrogen and oxygen atoms in total. The Morgan fingerprint density at radius 2 is 2.00 bits per heavy atom. The van der Waals surface area contributed by atoms with E-state index in [1.165, 1.54) is 23.0 Å². The minimum Gasteiger partial charge on any atom is -0.305 e. The highest BCUT2D eigenvalue weighted by atomic mass is 32.1. The van der Waals surface area contributed by atoms with E-state index in [0.717, 1.165) is 11.3 Å². The number of nitrogens with one attached hydrogen (secondary N) is 1. The van der Waals surface area contributed by atoms with Gasteiger partial charge in [0, 0.05) is 29.9 Å². The molecule has 0 aliphatic carbocycles. The molecule has 188 valence electrons. The number of nitro groups is 1. The Morgan fingerprint density at radius 1 is 1.18 bits per heavy atom. The number of hydrogen-bond donors (Lipinski definition) is 1. The van der Waals surface area contributed by atoms with Crippen molar-refractivity contribution < 1.29 is 14.5 Å². The van der Waals surface area contributed by atoms with E-state index in [-0.39, 0.29) is 33.3 Å². The van der Waals surface area contributed by atoms with Crippen LogP contribution < -0.4 is 5.32 Å². The molecule has 1 N–H and O–H groups in total. The molecular formula is C25H18N8O4S. The number of benzene rings is 1. The van der Waals surface area contributed by atoms with Crippen LogP contribution in [0.15, 0.2) is 61.1 Å². The van der Waals surface area contributed by atoms with Crippen LogP contribution in [0.1, 0.15) is 39.4 Å². The second kappa shape index (κ2) is 9.68. The van der Waals surface area contributed by atoms with Crippen molar-refractivity contribution in [1.82, 2.24) is 24.3 Å². The molecule has 4 aromatic heterocycles. The fourth-order valence-corrected chi connectivity index (χ4v) is 4.44. The van der Waals surface area contributed by atoms with Gasteiger partial charge in [0.2, 0.25) is 5.95 Å². The van der Waals surface area contributed by atoms with Crippen LogP contribution in [0.25, 0.3) is 22.7 Å². The summed E-state index contributed by atoms with van der Waals surface area (Å²) in [7, 11) is 0. The number of nitriles is 1.